The van der Waals surface area contributed by atoms with E-state index in [4.69, 9.17) is 0 Å². The highest BCUT2D eigenvalue weighted by Crippen LogP contribution is 2.76. The molecule has 4 aliphatic carbocycles. The number of nitrogens with zero attached hydrogens (tertiary/aromatic N) is 1. The van der Waals surface area contributed by atoms with Gasteiger partial charge in [-0.2, -0.15) is 0 Å². The van der Waals surface area contributed by atoms with Crippen LogP contribution in [0.1, 0.15) is 76.9 Å². The third-order valence-corrected chi connectivity index (χ3v) is 9.32. The van der Waals surface area contributed by atoms with E-state index in [0.29, 0.717) is 5.41 Å². The minimum Gasteiger partial charge on any atom is -0.350 e. The van der Waals surface area contributed by atoms with E-state index in [0.717, 1.165) is 29.7 Å². The molecule has 27 heavy (non-hydrogen) atoms. The molecule has 0 bridgehead atoms. The van der Waals surface area contributed by atoms with E-state index in [1.807, 2.05) is 0 Å². The van der Waals surface area contributed by atoms with Crippen LogP contribution in [0.5, 0.6) is 0 Å². The average Bonchev–Trinajstić information content (AvgIpc) is 3.33. The van der Waals surface area contributed by atoms with E-state index in [1.165, 1.54) is 62.7 Å². The number of carbonyl (C=O) groups excluding carboxylic acids is 1. The number of rotatable bonds is 2. The Morgan fingerprint density at radius 2 is 1.93 bits per heavy atom. The number of hydrogen-bond acceptors (Lipinski definition) is 2. The highest BCUT2D eigenvalue weighted by atomic mass is 16.1. The molecule has 5 aliphatic rings. The number of carbonyl (C=O) groups is 1. The van der Waals surface area contributed by atoms with Crippen molar-refractivity contribution in [2.24, 2.45) is 17.3 Å². The molecule has 6 rings (SSSR count). The zero-order valence-corrected chi connectivity index (χ0v) is 16.5. The molecule has 1 aliphatic heterocycles. The van der Waals surface area contributed by atoms with E-state index in [9.17, 15) is 4.79 Å². The molecular weight excluding hydrogens is 332 g/mol. The second-order valence-corrected chi connectivity index (χ2v) is 10.3. The van der Waals surface area contributed by atoms with Gasteiger partial charge in [0, 0.05) is 14.4 Å². The largest absolute Gasteiger partial charge is 0.350 e. The molecular formula is C24H34N2O. The van der Waals surface area contributed by atoms with Crippen LogP contribution in [0, 0.1) is 17.3 Å². The van der Waals surface area contributed by atoms with E-state index < -0.39 is 0 Å². The molecule has 1 N–H and O–H groups in total. The molecule has 3 saturated carbocycles. The van der Waals surface area contributed by atoms with Gasteiger partial charge in [-0.3, -0.25) is 4.79 Å². The Bertz CT molecular complexity index is 785. The summed E-state index contributed by atoms with van der Waals surface area (Å²) < 4.78 is 0. The first kappa shape index (κ1) is 16.6. The summed E-state index contributed by atoms with van der Waals surface area (Å²) in [6, 6.07) is 10.1. The predicted octanol–water partition coefficient (Wildman–Crippen LogP) is 4.43. The zero-order chi connectivity index (χ0) is 18.2. The van der Waals surface area contributed by atoms with Crippen LogP contribution >= 0.6 is 0 Å². The van der Waals surface area contributed by atoms with Crippen LogP contribution in [-0.2, 0) is 10.2 Å². The second-order valence-electron chi connectivity index (χ2n) is 10.3. The summed E-state index contributed by atoms with van der Waals surface area (Å²) in [5, 5.41) is 3.19. The maximum absolute atomic E-state index is 11.6. The Balaban J connectivity index is 0.00000171. The number of likely N-dealkylation sites (tertiary alicyclic amines) is 1. The van der Waals surface area contributed by atoms with Crippen LogP contribution in [0.15, 0.2) is 24.3 Å². The lowest BCUT2D eigenvalue weighted by molar-refractivity contribution is -0.119. The lowest BCUT2D eigenvalue weighted by Gasteiger charge is -2.54. The molecule has 0 radical (unpaired) electrons. The van der Waals surface area contributed by atoms with Gasteiger partial charge in [0.1, 0.15) is 0 Å². The van der Waals surface area contributed by atoms with Gasteiger partial charge in [0.15, 0.2) is 0 Å². The summed E-state index contributed by atoms with van der Waals surface area (Å²) in [5.41, 5.74) is 4.10. The van der Waals surface area contributed by atoms with Crippen LogP contribution in [0.25, 0.3) is 0 Å². The molecule has 1 heterocycles. The first-order chi connectivity index (χ1) is 13.1. The summed E-state index contributed by atoms with van der Waals surface area (Å²) in [6.07, 6.45) is 11.0. The Morgan fingerprint density at radius 1 is 1.11 bits per heavy atom. The number of fused-ring (bicyclic) bond motifs is 2. The summed E-state index contributed by atoms with van der Waals surface area (Å²) in [7, 11) is 0. The Morgan fingerprint density at radius 3 is 2.67 bits per heavy atom. The maximum Gasteiger partial charge on any atom is 0.217 e. The average molecular weight is 367 g/mol. The normalized spacial score (nSPS) is 41.2. The number of piperidine rings is 1. The van der Waals surface area contributed by atoms with Crippen LogP contribution in [0.4, 0.5) is 0 Å². The highest BCUT2D eigenvalue weighted by Gasteiger charge is 2.71. The van der Waals surface area contributed by atoms with Crippen molar-refractivity contribution in [2.45, 2.75) is 75.8 Å². The molecule has 1 aromatic rings. The lowest BCUT2D eigenvalue weighted by atomic mass is 9.61. The van der Waals surface area contributed by atoms with Crippen LogP contribution in [0.2, 0.25) is 0 Å². The van der Waals surface area contributed by atoms with Crippen molar-refractivity contribution in [1.82, 2.24) is 10.2 Å². The Hall–Kier alpha value is -1.35. The molecule has 1 aromatic carbocycles. The fraction of sp³-hybridized carbons (Fsp3) is 0.708. The van der Waals surface area contributed by atoms with Gasteiger partial charge in [-0.25, -0.2) is 0 Å². The highest BCUT2D eigenvalue weighted by molar-refractivity contribution is 5.73. The van der Waals surface area contributed by atoms with Crippen LogP contribution in [-0.4, -0.2) is 29.9 Å². The lowest BCUT2D eigenvalue weighted by Crippen LogP contribution is -2.57. The first-order valence-corrected chi connectivity index (χ1v) is 11.2. The van der Waals surface area contributed by atoms with Gasteiger partial charge in [0.2, 0.25) is 5.91 Å². The quantitative estimate of drug-likeness (QED) is 0.840. The van der Waals surface area contributed by atoms with Crippen LogP contribution < -0.4 is 5.32 Å². The third-order valence-electron chi connectivity index (χ3n) is 9.32. The molecule has 0 aromatic heterocycles. The summed E-state index contributed by atoms with van der Waals surface area (Å²) in [4.78, 5) is 14.5. The summed E-state index contributed by atoms with van der Waals surface area (Å²) in [5.74, 6) is 2.25. The molecule has 146 valence electrons. The SMILES string of the molecule is CC(=O)N[C@H]1CCC2(CCN([C@@H]3CC45C[C@H]4CC[C@@H]35)CC2)c2ccccc21.[HH]. The van der Waals surface area contributed by atoms with Gasteiger partial charge in [0.25, 0.3) is 0 Å². The van der Waals surface area contributed by atoms with Gasteiger partial charge >= 0.3 is 0 Å². The zero-order valence-electron chi connectivity index (χ0n) is 16.5. The van der Waals surface area contributed by atoms with Gasteiger partial charge in [0.05, 0.1) is 6.04 Å². The number of benzene rings is 1. The van der Waals surface area contributed by atoms with Crippen LogP contribution in [0.3, 0.4) is 0 Å². The van der Waals surface area contributed by atoms with E-state index in [1.54, 1.807) is 13.3 Å². The third kappa shape index (κ3) is 2.27. The van der Waals surface area contributed by atoms with Crippen molar-refractivity contribution < 1.29 is 6.22 Å². The van der Waals surface area contributed by atoms with E-state index >= 15 is 0 Å². The molecule has 2 spiro atoms. The molecule has 3 heteroatoms. The standard InChI is InChI=1S/C24H32N2O.H2/c1-16(27)25-21-8-9-23(19-5-3-2-4-18(19)21)10-12-26(13-11-23)22-15-24-14-17(24)6-7-20(22)24;/h2-5,17,20-22H,6-15H2,1H3,(H,25,27);1H/t17-,20+,21+,22-,24?;/m1./s1. The molecule has 4 fully saturated rings. The minimum atomic E-state index is 0. The molecule has 1 saturated heterocycles. The second kappa shape index (κ2) is 5.59. The maximum atomic E-state index is 11.6. The van der Waals surface area contributed by atoms with Crippen molar-refractivity contribution in [3.05, 3.63) is 35.4 Å². The molecule has 5 atom stereocenters. The van der Waals surface area contributed by atoms with E-state index in [-0.39, 0.29) is 13.4 Å². The first-order valence-electron chi connectivity index (χ1n) is 11.2. The smallest absolute Gasteiger partial charge is 0.217 e. The predicted molar refractivity (Wildman–Crippen MR) is 109 cm³/mol. The fourth-order valence-corrected chi connectivity index (χ4v) is 7.84. The fourth-order valence-electron chi connectivity index (χ4n) is 7.84. The number of nitrogens with one attached hydrogen (secondary N) is 1. The molecule has 1 amide bonds. The van der Waals surface area contributed by atoms with Crippen molar-refractivity contribution in [2.75, 3.05) is 13.1 Å². The van der Waals surface area contributed by atoms with Gasteiger partial charge in [-0.15, -0.1) is 0 Å². The van der Waals surface area contributed by atoms with E-state index in [2.05, 4.69) is 34.5 Å². The van der Waals surface area contributed by atoms with Crippen molar-refractivity contribution in [3.63, 3.8) is 0 Å². The Labute approximate surface area is 164 Å². The monoisotopic (exact) mass is 366 g/mol. The van der Waals surface area contributed by atoms with Crippen molar-refractivity contribution >= 4 is 5.91 Å². The summed E-state index contributed by atoms with van der Waals surface area (Å²) >= 11 is 0. The van der Waals surface area contributed by atoms with Gasteiger partial charge in [-0.05, 0) is 98.2 Å². The number of amides is 1. The minimum absolute atomic E-state index is 0. The topological polar surface area (TPSA) is 32.3 Å². The molecule has 1 unspecified atom stereocenters. The molecule has 3 nitrogen and oxygen atoms in total. The van der Waals surface area contributed by atoms with Crippen molar-refractivity contribution in [1.29, 1.82) is 0 Å². The van der Waals surface area contributed by atoms with Crippen molar-refractivity contribution in [3.8, 4) is 0 Å². The van der Waals surface area contributed by atoms with Gasteiger partial charge in [-0.1, -0.05) is 24.3 Å². The number of hydrogen-bond donors (Lipinski definition) is 1. The summed E-state index contributed by atoms with van der Waals surface area (Å²) in [6.45, 7) is 4.20. The Kier molecular flexibility index (Phi) is 3.44. The van der Waals surface area contributed by atoms with Gasteiger partial charge < -0.3 is 10.2 Å².